The van der Waals surface area contributed by atoms with E-state index < -0.39 is 17.8 Å². The average Bonchev–Trinajstić information content (AvgIpc) is 2.37. The number of para-hydroxylation sites is 1. The van der Waals surface area contributed by atoms with Crippen LogP contribution >= 0.6 is 12.2 Å². The van der Waals surface area contributed by atoms with Gasteiger partial charge in [-0.1, -0.05) is 31.3 Å². The third-order valence-electron chi connectivity index (χ3n) is 2.85. The lowest BCUT2D eigenvalue weighted by atomic mass is 10.1. The lowest BCUT2D eigenvalue weighted by Crippen LogP contribution is -2.38. The fraction of sp³-hybridized carbons (Fsp3) is 0.385. The fourth-order valence-electron chi connectivity index (χ4n) is 1.63. The highest BCUT2D eigenvalue weighted by molar-refractivity contribution is 7.80. The minimum atomic E-state index is -4.53. The zero-order chi connectivity index (χ0) is 16.2. The van der Waals surface area contributed by atoms with Crippen LogP contribution in [0.4, 0.5) is 23.7 Å². The molecule has 0 aromatic heterocycles. The van der Waals surface area contributed by atoms with Gasteiger partial charge in [0.25, 0.3) is 0 Å². The van der Waals surface area contributed by atoms with Crippen molar-refractivity contribution < 1.29 is 18.0 Å². The maximum absolute atomic E-state index is 12.8. The number of nitrogens with two attached hydrogens (primary N) is 1. The van der Waals surface area contributed by atoms with Gasteiger partial charge in [0.15, 0.2) is 0 Å². The van der Waals surface area contributed by atoms with Gasteiger partial charge in [-0.05, 0) is 12.1 Å². The Morgan fingerprint density at radius 2 is 2.00 bits per heavy atom. The minimum absolute atomic E-state index is 0.218. The maximum atomic E-state index is 12.8. The second-order valence-electron chi connectivity index (χ2n) is 4.66. The number of nitrogens with zero attached hydrogens (tertiary/aromatic N) is 1. The molecule has 1 atom stereocenters. The molecule has 1 aromatic carbocycles. The highest BCUT2D eigenvalue weighted by atomic mass is 32.1. The van der Waals surface area contributed by atoms with Gasteiger partial charge in [0.2, 0.25) is 0 Å². The van der Waals surface area contributed by atoms with Gasteiger partial charge >= 0.3 is 12.2 Å². The molecule has 4 nitrogen and oxygen atoms in total. The molecule has 2 amide bonds. The second kappa shape index (κ2) is 6.75. The summed E-state index contributed by atoms with van der Waals surface area (Å²) in [5.41, 5.74) is 4.26. The molecule has 0 heterocycles. The molecule has 1 aromatic rings. The third-order valence-corrected chi connectivity index (χ3v) is 3.26. The van der Waals surface area contributed by atoms with Gasteiger partial charge in [-0.15, -0.1) is 0 Å². The number of rotatable bonds is 4. The van der Waals surface area contributed by atoms with E-state index in [9.17, 15) is 18.0 Å². The summed E-state index contributed by atoms with van der Waals surface area (Å²) in [5, 5.41) is 2.24. The van der Waals surface area contributed by atoms with E-state index in [0.717, 1.165) is 6.07 Å². The molecular weight excluding hydrogens is 303 g/mol. The smallest absolute Gasteiger partial charge is 0.393 e. The van der Waals surface area contributed by atoms with Crippen molar-refractivity contribution in [3.8, 4) is 0 Å². The first-order valence-electron chi connectivity index (χ1n) is 6.10. The van der Waals surface area contributed by atoms with Gasteiger partial charge < -0.3 is 16.0 Å². The van der Waals surface area contributed by atoms with E-state index in [1.807, 2.05) is 0 Å². The van der Waals surface area contributed by atoms with Gasteiger partial charge in [-0.3, -0.25) is 0 Å². The van der Waals surface area contributed by atoms with Gasteiger partial charge in [-0.25, -0.2) is 4.79 Å². The molecule has 116 valence electrons. The van der Waals surface area contributed by atoms with Crippen molar-refractivity contribution in [2.45, 2.75) is 13.1 Å². The van der Waals surface area contributed by atoms with E-state index in [4.69, 9.17) is 18.0 Å². The SMILES string of the molecule is CC(CN(C)C(=O)Nc1ccccc1C(F)(F)F)C(N)=S. The highest BCUT2D eigenvalue weighted by Crippen LogP contribution is 2.34. The quantitative estimate of drug-likeness (QED) is 0.839. The first-order chi connectivity index (χ1) is 9.62. The Kier molecular flexibility index (Phi) is 5.54. The normalized spacial score (nSPS) is 12.6. The Labute approximate surface area is 126 Å². The van der Waals surface area contributed by atoms with Crippen LogP contribution in [0.5, 0.6) is 0 Å². The molecule has 0 aliphatic heterocycles. The Morgan fingerprint density at radius 3 is 2.52 bits per heavy atom. The van der Waals surface area contributed by atoms with Crippen molar-refractivity contribution in [1.82, 2.24) is 4.90 Å². The van der Waals surface area contributed by atoms with E-state index in [1.54, 1.807) is 6.92 Å². The monoisotopic (exact) mass is 319 g/mol. The highest BCUT2D eigenvalue weighted by Gasteiger charge is 2.33. The summed E-state index contributed by atoms with van der Waals surface area (Å²) in [6, 6.07) is 4.13. The number of carbonyl (C=O) groups is 1. The summed E-state index contributed by atoms with van der Waals surface area (Å²) < 4.78 is 38.5. The lowest BCUT2D eigenvalue weighted by Gasteiger charge is -2.22. The number of carbonyl (C=O) groups excluding carboxylic acids is 1. The average molecular weight is 319 g/mol. The number of nitrogens with one attached hydrogen (secondary N) is 1. The van der Waals surface area contributed by atoms with Crippen LogP contribution in [0.2, 0.25) is 0 Å². The largest absolute Gasteiger partial charge is 0.418 e. The van der Waals surface area contributed by atoms with Gasteiger partial charge in [0.1, 0.15) is 0 Å². The van der Waals surface area contributed by atoms with Gasteiger partial charge in [-0.2, -0.15) is 13.2 Å². The van der Waals surface area contributed by atoms with E-state index in [-0.39, 0.29) is 23.1 Å². The van der Waals surface area contributed by atoms with Crippen LogP contribution in [0.3, 0.4) is 0 Å². The molecule has 8 heteroatoms. The predicted molar refractivity (Wildman–Crippen MR) is 79.0 cm³/mol. The minimum Gasteiger partial charge on any atom is -0.393 e. The molecule has 21 heavy (non-hydrogen) atoms. The first-order valence-corrected chi connectivity index (χ1v) is 6.51. The number of hydrogen-bond donors (Lipinski definition) is 2. The zero-order valence-corrected chi connectivity index (χ0v) is 12.4. The number of hydrogen-bond acceptors (Lipinski definition) is 2. The van der Waals surface area contributed by atoms with E-state index >= 15 is 0 Å². The fourth-order valence-corrected chi connectivity index (χ4v) is 1.71. The van der Waals surface area contributed by atoms with Crippen LogP contribution in [0.25, 0.3) is 0 Å². The van der Waals surface area contributed by atoms with Gasteiger partial charge in [0, 0.05) is 19.5 Å². The zero-order valence-electron chi connectivity index (χ0n) is 11.6. The predicted octanol–water partition coefficient (Wildman–Crippen LogP) is 3.09. The summed E-state index contributed by atoms with van der Waals surface area (Å²) in [6.07, 6.45) is -4.53. The van der Waals surface area contributed by atoms with Crippen molar-refractivity contribution in [2.24, 2.45) is 11.7 Å². The molecule has 0 fully saturated rings. The molecule has 1 unspecified atom stereocenters. The Bertz CT molecular complexity index is 534. The van der Waals surface area contributed by atoms with Crippen LogP contribution < -0.4 is 11.1 Å². The number of urea groups is 1. The molecule has 0 aliphatic rings. The molecule has 0 saturated carbocycles. The maximum Gasteiger partial charge on any atom is 0.418 e. The van der Waals surface area contributed by atoms with Crippen molar-refractivity contribution >= 4 is 28.9 Å². The second-order valence-corrected chi connectivity index (χ2v) is 5.13. The number of anilines is 1. The van der Waals surface area contributed by atoms with Gasteiger partial charge in [0.05, 0.1) is 16.2 Å². The van der Waals surface area contributed by atoms with E-state index in [2.05, 4.69) is 5.32 Å². The number of benzene rings is 1. The molecular formula is C13H16F3N3OS. The molecule has 0 spiro atoms. The van der Waals surface area contributed by atoms with E-state index in [1.165, 1.54) is 30.1 Å². The molecule has 0 saturated heterocycles. The third kappa shape index (κ3) is 4.89. The Morgan fingerprint density at radius 1 is 1.43 bits per heavy atom. The standard InChI is InChI=1S/C13H16F3N3OS/c1-8(11(17)21)7-19(2)12(20)18-10-6-4-3-5-9(10)13(14,15)16/h3-6,8H,7H2,1-2H3,(H2,17,21)(H,18,20). The van der Waals surface area contributed by atoms with Crippen LogP contribution in [0, 0.1) is 5.92 Å². The van der Waals surface area contributed by atoms with Crippen molar-refractivity contribution in [3.05, 3.63) is 29.8 Å². The molecule has 3 N–H and O–H groups in total. The summed E-state index contributed by atoms with van der Waals surface area (Å²) in [7, 11) is 1.46. The van der Waals surface area contributed by atoms with Crippen LogP contribution in [0.15, 0.2) is 24.3 Å². The van der Waals surface area contributed by atoms with Crippen LogP contribution in [0.1, 0.15) is 12.5 Å². The topological polar surface area (TPSA) is 58.4 Å². The number of thiocarbonyl (C=S) groups is 1. The first kappa shape index (κ1) is 17.2. The summed E-state index contributed by atoms with van der Waals surface area (Å²) in [6.45, 7) is 1.95. The van der Waals surface area contributed by atoms with Crippen LogP contribution in [-0.4, -0.2) is 29.5 Å². The number of amides is 2. The number of halogens is 3. The molecule has 1 rings (SSSR count). The summed E-state index contributed by atoms with van der Waals surface area (Å²) >= 11 is 4.79. The van der Waals surface area contributed by atoms with Crippen molar-refractivity contribution in [3.63, 3.8) is 0 Å². The molecule has 0 aliphatic carbocycles. The molecule has 0 radical (unpaired) electrons. The van der Waals surface area contributed by atoms with Crippen LogP contribution in [-0.2, 0) is 6.18 Å². The number of alkyl halides is 3. The van der Waals surface area contributed by atoms with Crippen molar-refractivity contribution in [1.29, 1.82) is 0 Å². The summed E-state index contributed by atoms with van der Waals surface area (Å²) in [5.74, 6) is -0.228. The Hall–Kier alpha value is -1.83. The lowest BCUT2D eigenvalue weighted by molar-refractivity contribution is -0.136. The van der Waals surface area contributed by atoms with Crippen molar-refractivity contribution in [2.75, 3.05) is 18.9 Å². The molecule has 0 bridgehead atoms. The summed E-state index contributed by atoms with van der Waals surface area (Å²) in [4.78, 5) is 13.4. The van der Waals surface area contributed by atoms with E-state index in [0.29, 0.717) is 0 Å². The Balaban J connectivity index is 2.82.